The summed E-state index contributed by atoms with van der Waals surface area (Å²) in [7, 11) is 4.67. The lowest BCUT2D eigenvalue weighted by Crippen LogP contribution is -2.04. The summed E-state index contributed by atoms with van der Waals surface area (Å²) in [5.74, 6) is 1.21. The van der Waals surface area contributed by atoms with Crippen LogP contribution in [0, 0.1) is 0 Å². The Morgan fingerprint density at radius 3 is 2.27 bits per heavy atom. The molecule has 0 aliphatic rings. The molecule has 0 unspecified atom stereocenters. The van der Waals surface area contributed by atoms with E-state index >= 15 is 0 Å². The third-order valence-electron chi connectivity index (χ3n) is 5.19. The van der Waals surface area contributed by atoms with Gasteiger partial charge in [-0.15, -0.1) is 0 Å². The third kappa shape index (κ3) is 4.45. The highest BCUT2D eigenvalue weighted by Gasteiger charge is 2.22. The lowest BCUT2D eigenvalue weighted by Gasteiger charge is -2.15. The molecule has 7 heteroatoms. The molecule has 0 fully saturated rings. The number of hydrogen-bond acceptors (Lipinski definition) is 6. The summed E-state index contributed by atoms with van der Waals surface area (Å²) in [5.41, 5.74) is 1.80. The van der Waals surface area contributed by atoms with Crippen molar-refractivity contribution in [3.8, 4) is 34.3 Å². The van der Waals surface area contributed by atoms with E-state index in [1.807, 2.05) is 36.4 Å². The van der Waals surface area contributed by atoms with Crippen molar-refractivity contribution >= 4 is 39.1 Å². The Labute approximate surface area is 198 Å². The Morgan fingerprint density at radius 1 is 0.879 bits per heavy atom. The molecule has 0 aliphatic carbocycles. The van der Waals surface area contributed by atoms with Crippen LogP contribution < -0.4 is 19.6 Å². The summed E-state index contributed by atoms with van der Waals surface area (Å²) in [4.78, 5) is 12.9. The molecule has 1 aromatic heterocycles. The van der Waals surface area contributed by atoms with Gasteiger partial charge in [0, 0.05) is 10.5 Å². The first-order chi connectivity index (χ1) is 15.9. The first-order valence-corrected chi connectivity index (χ1v) is 10.8. The first kappa shape index (κ1) is 22.5. The van der Waals surface area contributed by atoms with Crippen molar-refractivity contribution in [2.45, 2.75) is 0 Å². The van der Waals surface area contributed by atoms with E-state index in [1.54, 1.807) is 44.6 Å². The van der Waals surface area contributed by atoms with Crippen LogP contribution in [0.4, 0.5) is 0 Å². The second-order valence-electron chi connectivity index (χ2n) is 7.15. The summed E-state index contributed by atoms with van der Waals surface area (Å²) in [6.45, 7) is 0. The second kappa shape index (κ2) is 9.42. The van der Waals surface area contributed by atoms with Crippen molar-refractivity contribution in [3.05, 3.63) is 80.4 Å². The number of aromatic hydroxyl groups is 1. The van der Waals surface area contributed by atoms with Crippen LogP contribution in [0.5, 0.6) is 23.0 Å². The fraction of sp³-hybridized carbons (Fsp3) is 0.115. The average molecular weight is 509 g/mol. The van der Waals surface area contributed by atoms with E-state index in [1.165, 1.54) is 7.11 Å². The minimum absolute atomic E-state index is 0.0134. The zero-order chi connectivity index (χ0) is 23.5. The van der Waals surface area contributed by atoms with Crippen LogP contribution in [0.25, 0.3) is 34.4 Å². The molecule has 0 aliphatic heterocycles. The van der Waals surface area contributed by atoms with Gasteiger partial charge in [0.05, 0.1) is 32.3 Å². The molecule has 0 atom stereocenters. The molecule has 0 saturated heterocycles. The third-order valence-corrected chi connectivity index (χ3v) is 5.68. The lowest BCUT2D eigenvalue weighted by atomic mass is 10.00. The molecular weight excluding hydrogens is 488 g/mol. The maximum atomic E-state index is 12.9. The predicted octanol–water partition coefficient (Wildman–Crippen LogP) is 6.12. The number of fused-ring (bicyclic) bond motifs is 1. The monoisotopic (exact) mass is 508 g/mol. The topological polar surface area (TPSA) is 78.1 Å². The minimum Gasteiger partial charge on any atom is -0.502 e. The van der Waals surface area contributed by atoms with E-state index < -0.39 is 11.2 Å². The average Bonchev–Trinajstić information content (AvgIpc) is 2.84. The highest BCUT2D eigenvalue weighted by molar-refractivity contribution is 9.10. The quantitative estimate of drug-likeness (QED) is 0.316. The summed E-state index contributed by atoms with van der Waals surface area (Å²) >= 11 is 3.39. The number of benzene rings is 3. The van der Waals surface area contributed by atoms with Gasteiger partial charge in [-0.2, -0.15) is 0 Å². The molecule has 0 radical (unpaired) electrons. The van der Waals surface area contributed by atoms with E-state index in [-0.39, 0.29) is 11.1 Å². The van der Waals surface area contributed by atoms with Crippen LogP contribution in [0.15, 0.2) is 68.3 Å². The molecule has 4 aromatic rings. The van der Waals surface area contributed by atoms with Crippen molar-refractivity contribution in [2.24, 2.45) is 0 Å². The Balaban J connectivity index is 1.95. The van der Waals surface area contributed by atoms with Crippen molar-refractivity contribution in [1.82, 2.24) is 0 Å². The Bertz CT molecular complexity index is 1400. The van der Waals surface area contributed by atoms with Gasteiger partial charge in [0.25, 0.3) is 0 Å². The Kier molecular flexibility index (Phi) is 6.42. The van der Waals surface area contributed by atoms with Gasteiger partial charge >= 0.3 is 0 Å². The zero-order valence-electron chi connectivity index (χ0n) is 18.2. The van der Waals surface area contributed by atoms with Gasteiger partial charge in [-0.3, -0.25) is 4.79 Å². The molecule has 1 heterocycles. The molecule has 33 heavy (non-hydrogen) atoms. The number of halogens is 1. The fourth-order valence-electron chi connectivity index (χ4n) is 3.49. The van der Waals surface area contributed by atoms with Crippen molar-refractivity contribution < 1.29 is 23.7 Å². The minimum atomic E-state index is -0.526. The molecule has 0 spiro atoms. The van der Waals surface area contributed by atoms with Crippen molar-refractivity contribution in [3.63, 3.8) is 0 Å². The molecule has 0 saturated carbocycles. The Hall–Kier alpha value is -3.71. The lowest BCUT2D eigenvalue weighted by molar-refractivity contribution is 0.393. The number of hydrogen-bond donors (Lipinski definition) is 1. The zero-order valence-corrected chi connectivity index (χ0v) is 19.8. The van der Waals surface area contributed by atoms with Crippen LogP contribution in [0.2, 0.25) is 0 Å². The molecule has 4 rings (SSSR count). The molecule has 3 aromatic carbocycles. The van der Waals surface area contributed by atoms with E-state index in [0.29, 0.717) is 28.2 Å². The summed E-state index contributed by atoms with van der Waals surface area (Å²) < 4.78 is 23.0. The summed E-state index contributed by atoms with van der Waals surface area (Å²) in [6.07, 6.45) is 3.73. The fourth-order valence-corrected chi connectivity index (χ4v) is 3.83. The van der Waals surface area contributed by atoms with Gasteiger partial charge < -0.3 is 23.7 Å². The van der Waals surface area contributed by atoms with Crippen LogP contribution in [0.3, 0.4) is 0 Å². The van der Waals surface area contributed by atoms with Crippen LogP contribution in [0.1, 0.15) is 11.1 Å². The molecule has 0 amide bonds. The van der Waals surface area contributed by atoms with Crippen molar-refractivity contribution in [2.75, 3.05) is 21.3 Å². The smallest absolute Gasteiger partial charge is 0.235 e. The first-order valence-electron chi connectivity index (χ1n) is 9.99. The van der Waals surface area contributed by atoms with Gasteiger partial charge in [-0.05, 0) is 47.5 Å². The van der Waals surface area contributed by atoms with E-state index in [4.69, 9.17) is 18.6 Å². The molecule has 0 bridgehead atoms. The van der Waals surface area contributed by atoms with Gasteiger partial charge in [0.1, 0.15) is 22.8 Å². The summed E-state index contributed by atoms with van der Waals surface area (Å²) in [6, 6.07) is 16.0. The Morgan fingerprint density at radius 2 is 1.61 bits per heavy atom. The second-order valence-corrected chi connectivity index (χ2v) is 8.07. The highest BCUT2D eigenvalue weighted by atomic mass is 79.9. The van der Waals surface area contributed by atoms with E-state index in [2.05, 4.69) is 15.9 Å². The number of ether oxygens (including phenoxy) is 3. The van der Waals surface area contributed by atoms with Gasteiger partial charge in [-0.25, -0.2) is 0 Å². The molecular formula is C26H21BrO6. The normalized spacial score (nSPS) is 11.2. The van der Waals surface area contributed by atoms with Crippen LogP contribution in [-0.2, 0) is 0 Å². The van der Waals surface area contributed by atoms with Gasteiger partial charge in [-0.1, -0.05) is 40.2 Å². The number of methoxy groups -OCH3 is 3. The maximum absolute atomic E-state index is 12.9. The molecule has 1 N–H and O–H groups in total. The highest BCUT2D eigenvalue weighted by Crippen LogP contribution is 2.42. The summed E-state index contributed by atoms with van der Waals surface area (Å²) in [5, 5.41) is 11.1. The van der Waals surface area contributed by atoms with E-state index in [9.17, 15) is 9.90 Å². The molecule has 6 nitrogen and oxygen atoms in total. The van der Waals surface area contributed by atoms with E-state index in [0.717, 1.165) is 15.8 Å². The standard InChI is InChI=1S/C26H21BrO6/c1-30-18-9-5-15(6-10-18)4-7-16-12-19(31-2)14-22(32-3)23(16)26-25(29)24(28)20-11-8-17(27)13-21(20)33-26/h4-14,29H,1-3H3. The van der Waals surface area contributed by atoms with Crippen LogP contribution >= 0.6 is 15.9 Å². The number of rotatable bonds is 6. The van der Waals surface area contributed by atoms with Crippen molar-refractivity contribution in [1.29, 1.82) is 0 Å². The SMILES string of the molecule is COc1ccc(C=Cc2cc(OC)cc(OC)c2-c2oc3cc(Br)ccc3c(=O)c2O)cc1. The largest absolute Gasteiger partial charge is 0.502 e. The van der Waals surface area contributed by atoms with Crippen LogP contribution in [-0.4, -0.2) is 26.4 Å². The maximum Gasteiger partial charge on any atom is 0.235 e. The van der Waals surface area contributed by atoms with Gasteiger partial charge in [0.2, 0.25) is 11.2 Å². The predicted molar refractivity (Wildman–Crippen MR) is 132 cm³/mol. The molecule has 168 valence electrons. The van der Waals surface area contributed by atoms with Gasteiger partial charge in [0.15, 0.2) is 5.76 Å².